The Kier molecular flexibility index (Phi) is 4.93. The highest BCUT2D eigenvalue weighted by molar-refractivity contribution is 7.80. The van der Waals surface area contributed by atoms with Gasteiger partial charge in [0.15, 0.2) is 0 Å². The number of nitrogens with two attached hydrogens (primary N) is 1. The van der Waals surface area contributed by atoms with Gasteiger partial charge < -0.3 is 11.1 Å². The zero-order valence-corrected chi connectivity index (χ0v) is 13.1. The predicted molar refractivity (Wildman–Crippen MR) is 86.7 cm³/mol. The molecule has 0 radical (unpaired) electrons. The van der Waals surface area contributed by atoms with Crippen LogP contribution in [0.15, 0.2) is 18.2 Å². The molecule has 1 aliphatic carbocycles. The van der Waals surface area contributed by atoms with Gasteiger partial charge in [0, 0.05) is 0 Å². The molecule has 2 rings (SSSR count). The van der Waals surface area contributed by atoms with Crippen molar-refractivity contribution in [3.63, 3.8) is 0 Å². The second-order valence-corrected chi connectivity index (χ2v) is 6.19. The third-order valence-electron chi connectivity index (χ3n) is 4.32. The number of hydrogen-bond acceptors (Lipinski definition) is 2. The van der Waals surface area contributed by atoms with Gasteiger partial charge in [0.25, 0.3) is 0 Å². The van der Waals surface area contributed by atoms with Crippen LogP contribution in [0.4, 0.5) is 10.1 Å². The molecule has 1 aliphatic rings. The fourth-order valence-electron chi connectivity index (χ4n) is 2.94. The number of thiocarbonyl (C=S) groups is 1. The maximum atomic E-state index is 13.9. The van der Waals surface area contributed by atoms with Crippen molar-refractivity contribution >= 4 is 28.8 Å². The standard InChI is InChI=1S/C16H21FN2OS/c1-11-7-6-8-12(17)13(11)19-15(20)16(14(18)21)9-4-2-3-5-10-16/h6-8H,2-5,9-10H2,1H3,(H2,18,21)(H,19,20). The summed E-state index contributed by atoms with van der Waals surface area (Å²) in [5.74, 6) is -0.708. The molecule has 3 N–H and O–H groups in total. The van der Waals surface area contributed by atoms with E-state index >= 15 is 0 Å². The Bertz CT molecular complexity index is 531. The van der Waals surface area contributed by atoms with Gasteiger partial charge in [-0.3, -0.25) is 4.79 Å². The Morgan fingerprint density at radius 2 is 1.90 bits per heavy atom. The molecule has 0 aromatic heterocycles. The van der Waals surface area contributed by atoms with E-state index in [1.807, 2.05) is 0 Å². The van der Waals surface area contributed by atoms with E-state index in [-0.39, 0.29) is 16.6 Å². The van der Waals surface area contributed by atoms with E-state index in [1.165, 1.54) is 6.07 Å². The minimum absolute atomic E-state index is 0.218. The normalized spacial score (nSPS) is 17.8. The molecule has 1 aromatic rings. The average Bonchev–Trinajstić information content (AvgIpc) is 2.69. The molecule has 114 valence electrons. The third-order valence-corrected chi connectivity index (χ3v) is 4.71. The number of hydrogen-bond donors (Lipinski definition) is 2. The zero-order valence-electron chi connectivity index (χ0n) is 12.2. The van der Waals surface area contributed by atoms with Gasteiger partial charge >= 0.3 is 0 Å². The first-order valence-corrected chi connectivity index (χ1v) is 7.75. The largest absolute Gasteiger partial charge is 0.392 e. The van der Waals surface area contributed by atoms with Crippen molar-refractivity contribution in [3.8, 4) is 0 Å². The topological polar surface area (TPSA) is 55.1 Å². The third kappa shape index (κ3) is 3.23. The second-order valence-electron chi connectivity index (χ2n) is 5.75. The summed E-state index contributed by atoms with van der Waals surface area (Å²) in [5.41, 5.74) is 5.95. The van der Waals surface area contributed by atoms with Gasteiger partial charge in [-0.05, 0) is 31.4 Å². The van der Waals surface area contributed by atoms with E-state index in [1.54, 1.807) is 19.1 Å². The fraction of sp³-hybridized carbons (Fsp3) is 0.500. The van der Waals surface area contributed by atoms with E-state index in [0.717, 1.165) is 25.7 Å². The minimum Gasteiger partial charge on any atom is -0.392 e. The lowest BCUT2D eigenvalue weighted by molar-refractivity contribution is -0.122. The summed E-state index contributed by atoms with van der Waals surface area (Å²) in [5, 5.41) is 2.72. The van der Waals surface area contributed by atoms with Crippen LogP contribution in [-0.2, 0) is 4.79 Å². The fourth-order valence-corrected chi connectivity index (χ4v) is 3.24. The zero-order chi connectivity index (χ0) is 15.5. The molecule has 0 heterocycles. The van der Waals surface area contributed by atoms with E-state index in [2.05, 4.69) is 5.32 Å². The number of carbonyl (C=O) groups excluding carboxylic acids is 1. The highest BCUT2D eigenvalue weighted by Gasteiger charge is 2.41. The minimum atomic E-state index is -0.847. The van der Waals surface area contributed by atoms with E-state index in [9.17, 15) is 9.18 Å². The Balaban J connectivity index is 2.29. The molecule has 0 saturated heterocycles. The molecule has 1 amide bonds. The molecule has 1 fully saturated rings. The smallest absolute Gasteiger partial charge is 0.237 e. The first-order valence-electron chi connectivity index (χ1n) is 7.34. The number of para-hydroxylation sites is 1. The van der Waals surface area contributed by atoms with Crippen LogP contribution in [0.3, 0.4) is 0 Å². The molecular formula is C16H21FN2OS. The van der Waals surface area contributed by atoms with Gasteiger partial charge in [0.1, 0.15) is 5.82 Å². The van der Waals surface area contributed by atoms with Crippen molar-refractivity contribution in [2.45, 2.75) is 45.4 Å². The Morgan fingerprint density at radius 3 is 2.43 bits per heavy atom. The number of benzene rings is 1. The Hall–Kier alpha value is -1.49. The van der Waals surface area contributed by atoms with Crippen LogP contribution in [0.25, 0.3) is 0 Å². The summed E-state index contributed by atoms with van der Waals surface area (Å²) < 4.78 is 13.9. The Labute approximate surface area is 130 Å². The molecule has 0 bridgehead atoms. The van der Waals surface area contributed by atoms with E-state index in [4.69, 9.17) is 18.0 Å². The monoisotopic (exact) mass is 308 g/mol. The average molecular weight is 308 g/mol. The number of carbonyl (C=O) groups is 1. The van der Waals surface area contributed by atoms with Crippen LogP contribution in [0, 0.1) is 18.2 Å². The summed E-state index contributed by atoms with van der Waals surface area (Å²) in [6.07, 6.45) is 5.28. The molecule has 1 saturated carbocycles. The number of aryl methyl sites for hydroxylation is 1. The molecule has 21 heavy (non-hydrogen) atoms. The molecule has 0 unspecified atom stereocenters. The van der Waals surface area contributed by atoms with Crippen molar-refractivity contribution in [1.29, 1.82) is 0 Å². The lowest BCUT2D eigenvalue weighted by atomic mass is 9.79. The first kappa shape index (κ1) is 15.9. The number of rotatable bonds is 3. The highest BCUT2D eigenvalue weighted by atomic mass is 32.1. The molecule has 0 atom stereocenters. The van der Waals surface area contributed by atoms with Gasteiger partial charge in [0.05, 0.1) is 16.1 Å². The number of nitrogens with one attached hydrogen (secondary N) is 1. The van der Waals surface area contributed by atoms with Crippen molar-refractivity contribution in [2.24, 2.45) is 11.1 Å². The van der Waals surface area contributed by atoms with E-state index < -0.39 is 11.2 Å². The lowest BCUT2D eigenvalue weighted by Gasteiger charge is -2.30. The van der Waals surface area contributed by atoms with Gasteiger partial charge in [0.2, 0.25) is 5.91 Å². The number of anilines is 1. The van der Waals surface area contributed by atoms with Crippen LogP contribution >= 0.6 is 12.2 Å². The number of amides is 1. The molecule has 0 aliphatic heterocycles. The van der Waals surface area contributed by atoms with Crippen molar-refractivity contribution in [1.82, 2.24) is 0 Å². The Morgan fingerprint density at radius 1 is 1.29 bits per heavy atom. The summed E-state index contributed by atoms with van der Waals surface area (Å²) in [6, 6.07) is 4.72. The second kappa shape index (κ2) is 6.52. The van der Waals surface area contributed by atoms with Crippen LogP contribution in [0.1, 0.15) is 44.1 Å². The van der Waals surface area contributed by atoms with Crippen molar-refractivity contribution in [2.75, 3.05) is 5.32 Å². The quantitative estimate of drug-likeness (QED) is 0.661. The number of halogens is 1. The van der Waals surface area contributed by atoms with Crippen LogP contribution in [0.2, 0.25) is 0 Å². The summed E-state index contributed by atoms with van der Waals surface area (Å²) in [4.78, 5) is 13.0. The maximum absolute atomic E-state index is 13.9. The first-order chi connectivity index (χ1) is 9.97. The van der Waals surface area contributed by atoms with Crippen LogP contribution < -0.4 is 11.1 Å². The highest BCUT2D eigenvalue weighted by Crippen LogP contribution is 2.37. The van der Waals surface area contributed by atoms with Gasteiger partial charge in [-0.2, -0.15) is 0 Å². The molecule has 0 spiro atoms. The molecule has 1 aromatic carbocycles. The summed E-state index contributed by atoms with van der Waals surface area (Å²) >= 11 is 5.17. The van der Waals surface area contributed by atoms with Crippen LogP contribution in [-0.4, -0.2) is 10.9 Å². The molecule has 5 heteroatoms. The van der Waals surface area contributed by atoms with Crippen LogP contribution in [0.5, 0.6) is 0 Å². The predicted octanol–water partition coefficient (Wildman–Crippen LogP) is 3.70. The van der Waals surface area contributed by atoms with Gasteiger partial charge in [-0.15, -0.1) is 0 Å². The summed E-state index contributed by atoms with van der Waals surface area (Å²) in [6.45, 7) is 1.76. The van der Waals surface area contributed by atoms with Gasteiger partial charge in [-0.1, -0.05) is 50.0 Å². The lowest BCUT2D eigenvalue weighted by Crippen LogP contribution is -2.45. The van der Waals surface area contributed by atoms with Crippen molar-refractivity contribution < 1.29 is 9.18 Å². The van der Waals surface area contributed by atoms with Crippen molar-refractivity contribution in [3.05, 3.63) is 29.6 Å². The summed E-state index contributed by atoms with van der Waals surface area (Å²) in [7, 11) is 0. The molecule has 3 nitrogen and oxygen atoms in total. The molecular weight excluding hydrogens is 287 g/mol. The SMILES string of the molecule is Cc1cccc(F)c1NC(=O)C1(C(N)=S)CCCCCC1. The van der Waals surface area contributed by atoms with Gasteiger partial charge in [-0.25, -0.2) is 4.39 Å². The maximum Gasteiger partial charge on any atom is 0.237 e. The van der Waals surface area contributed by atoms with E-state index in [0.29, 0.717) is 18.4 Å².